The Morgan fingerprint density at radius 1 is 1.17 bits per heavy atom. The number of carbonyl (C=O) groups is 1. The van der Waals surface area contributed by atoms with Crippen molar-refractivity contribution in [2.45, 2.75) is 25.7 Å². The van der Waals surface area contributed by atoms with Gasteiger partial charge in [0, 0.05) is 13.3 Å². The molecule has 0 saturated heterocycles. The van der Waals surface area contributed by atoms with Gasteiger partial charge in [0.05, 0.1) is 37.6 Å². The first-order valence-corrected chi connectivity index (χ1v) is 11.6. The molecule has 2 aromatic heterocycles. The van der Waals surface area contributed by atoms with E-state index in [1.807, 2.05) is 13.8 Å². The van der Waals surface area contributed by atoms with E-state index in [-0.39, 0.29) is 9.92 Å². The van der Waals surface area contributed by atoms with E-state index in [0.717, 1.165) is 16.8 Å². The van der Waals surface area contributed by atoms with Gasteiger partial charge in [-0.15, -0.1) is 0 Å². The number of aromatic nitrogens is 3. The normalized spacial score (nSPS) is 11.5. The molecule has 2 N–H and O–H groups in total. The molecule has 0 aliphatic carbocycles. The Kier molecular flexibility index (Phi) is 5.70. The maximum atomic E-state index is 12.4. The molecule has 0 saturated carbocycles. The number of nitrogens with one attached hydrogen (secondary N) is 2. The molecule has 0 atom stereocenters. The van der Waals surface area contributed by atoms with Gasteiger partial charge in [0.15, 0.2) is 15.0 Å². The molecule has 0 aliphatic heterocycles. The molecule has 0 fully saturated rings. The number of halogens is 1. The first-order valence-electron chi connectivity index (χ1n) is 8.53. The van der Waals surface area contributed by atoms with Crippen LogP contribution in [0.5, 0.6) is 0 Å². The lowest BCUT2D eigenvalue weighted by molar-refractivity contribution is 0.262. The van der Waals surface area contributed by atoms with E-state index in [4.69, 9.17) is 11.6 Å². The number of carbonyl (C=O) groups excluding carboxylic acids is 1. The van der Waals surface area contributed by atoms with E-state index in [0.29, 0.717) is 27.8 Å². The molecular formula is C18H20ClN5O3S2. The number of aryl methyl sites for hydroxylation is 3. The first kappa shape index (κ1) is 21.3. The van der Waals surface area contributed by atoms with Crippen molar-refractivity contribution in [2.75, 3.05) is 16.9 Å². The van der Waals surface area contributed by atoms with Gasteiger partial charge in [-0.2, -0.15) is 5.10 Å². The van der Waals surface area contributed by atoms with Gasteiger partial charge in [0.1, 0.15) is 0 Å². The second-order valence-electron chi connectivity index (χ2n) is 6.60. The molecule has 0 radical (unpaired) electrons. The predicted molar refractivity (Wildman–Crippen MR) is 116 cm³/mol. The third-order valence-electron chi connectivity index (χ3n) is 4.36. The number of urea groups is 1. The number of rotatable bonds is 4. The van der Waals surface area contributed by atoms with Gasteiger partial charge in [-0.1, -0.05) is 29.0 Å². The molecule has 11 heteroatoms. The van der Waals surface area contributed by atoms with E-state index in [2.05, 4.69) is 20.7 Å². The highest BCUT2D eigenvalue weighted by atomic mass is 35.5. The minimum absolute atomic E-state index is 0.0549. The zero-order valence-electron chi connectivity index (χ0n) is 16.5. The topological polar surface area (TPSA) is 106 Å². The number of sulfone groups is 1. The van der Waals surface area contributed by atoms with Crippen molar-refractivity contribution in [3.8, 4) is 10.4 Å². The molecular weight excluding hydrogens is 434 g/mol. The lowest BCUT2D eigenvalue weighted by Crippen LogP contribution is -2.20. The molecule has 0 spiro atoms. The third kappa shape index (κ3) is 4.44. The van der Waals surface area contributed by atoms with E-state index >= 15 is 0 Å². The SMILES string of the molecule is Cc1nc(NC(=O)Nc2c(C)nn(C)c2C)sc1-c1ccc(Cl)c(S(C)(=O)=O)c1. The smallest absolute Gasteiger partial charge is 0.304 e. The number of hydrogen-bond acceptors (Lipinski definition) is 6. The highest BCUT2D eigenvalue weighted by molar-refractivity contribution is 7.90. The second kappa shape index (κ2) is 7.77. The van der Waals surface area contributed by atoms with Gasteiger partial charge < -0.3 is 5.32 Å². The highest BCUT2D eigenvalue weighted by Gasteiger charge is 2.18. The standard InChI is InChI=1S/C18H20ClN5O3S2/c1-9-15(11(3)24(4)23-9)21-17(25)22-18-20-10(2)16(28-18)12-6-7-13(19)14(8-12)29(5,26)27/h6-8H,1-5H3,(H2,20,21,22,25). The minimum Gasteiger partial charge on any atom is -0.304 e. The summed E-state index contributed by atoms with van der Waals surface area (Å²) in [4.78, 5) is 17.6. The van der Waals surface area contributed by atoms with Crippen LogP contribution in [-0.2, 0) is 16.9 Å². The summed E-state index contributed by atoms with van der Waals surface area (Å²) in [6, 6.07) is 4.35. The number of benzene rings is 1. The van der Waals surface area contributed by atoms with Gasteiger partial charge in [-0.3, -0.25) is 10.00 Å². The minimum atomic E-state index is -3.47. The number of anilines is 2. The van der Waals surface area contributed by atoms with E-state index in [9.17, 15) is 13.2 Å². The predicted octanol–water partition coefficient (Wildman–Crippen LogP) is 4.17. The monoisotopic (exact) mass is 453 g/mol. The zero-order valence-corrected chi connectivity index (χ0v) is 18.9. The van der Waals surface area contributed by atoms with Crippen LogP contribution in [0.1, 0.15) is 17.1 Å². The molecule has 154 valence electrons. The average molecular weight is 454 g/mol. The fourth-order valence-electron chi connectivity index (χ4n) is 2.84. The van der Waals surface area contributed by atoms with Crippen LogP contribution in [0.15, 0.2) is 23.1 Å². The molecule has 2 heterocycles. The zero-order chi connectivity index (χ0) is 21.5. The van der Waals surface area contributed by atoms with Crippen molar-refractivity contribution >= 4 is 49.6 Å². The molecule has 3 aromatic rings. The summed E-state index contributed by atoms with van der Waals surface area (Å²) >= 11 is 7.27. The van der Waals surface area contributed by atoms with Crippen molar-refractivity contribution in [2.24, 2.45) is 7.05 Å². The Balaban J connectivity index is 1.85. The molecule has 0 aliphatic rings. The van der Waals surface area contributed by atoms with Crippen LogP contribution in [0.4, 0.5) is 15.6 Å². The maximum Gasteiger partial charge on any atom is 0.325 e. The molecule has 2 amide bonds. The fourth-order valence-corrected chi connectivity index (χ4v) is 5.10. The van der Waals surface area contributed by atoms with Crippen LogP contribution >= 0.6 is 22.9 Å². The Morgan fingerprint density at radius 3 is 2.45 bits per heavy atom. The Morgan fingerprint density at radius 2 is 1.86 bits per heavy atom. The molecule has 8 nitrogen and oxygen atoms in total. The fraction of sp³-hybridized carbons (Fsp3) is 0.278. The second-order valence-corrected chi connectivity index (χ2v) is 9.99. The molecule has 3 rings (SSSR count). The number of nitrogens with zero attached hydrogens (tertiary/aromatic N) is 3. The van der Waals surface area contributed by atoms with Crippen LogP contribution in [0.2, 0.25) is 5.02 Å². The summed E-state index contributed by atoms with van der Waals surface area (Å²) in [6.07, 6.45) is 1.11. The van der Waals surface area contributed by atoms with E-state index in [1.165, 1.54) is 17.4 Å². The molecule has 0 unspecified atom stereocenters. The number of hydrogen-bond donors (Lipinski definition) is 2. The number of amides is 2. The molecule has 1 aromatic carbocycles. The highest BCUT2D eigenvalue weighted by Crippen LogP contribution is 2.35. The molecule has 0 bridgehead atoms. The summed E-state index contributed by atoms with van der Waals surface area (Å²) in [5.41, 5.74) is 3.53. The van der Waals surface area contributed by atoms with Gasteiger partial charge >= 0.3 is 6.03 Å². The molecule has 29 heavy (non-hydrogen) atoms. The van der Waals surface area contributed by atoms with E-state index < -0.39 is 15.9 Å². The largest absolute Gasteiger partial charge is 0.325 e. The van der Waals surface area contributed by atoms with Crippen molar-refractivity contribution in [1.29, 1.82) is 0 Å². The van der Waals surface area contributed by atoms with Crippen molar-refractivity contribution in [3.63, 3.8) is 0 Å². The van der Waals surface area contributed by atoms with Gasteiger partial charge in [-0.05, 0) is 38.5 Å². The van der Waals surface area contributed by atoms with E-state index in [1.54, 1.807) is 30.8 Å². The summed E-state index contributed by atoms with van der Waals surface area (Å²) in [5.74, 6) is 0. The maximum absolute atomic E-state index is 12.4. The van der Waals surface area contributed by atoms with Crippen LogP contribution in [0.3, 0.4) is 0 Å². The lowest BCUT2D eigenvalue weighted by atomic mass is 10.2. The third-order valence-corrected chi connectivity index (χ3v) is 7.06. The van der Waals surface area contributed by atoms with Gasteiger partial charge in [-0.25, -0.2) is 18.2 Å². The summed E-state index contributed by atoms with van der Waals surface area (Å²) in [7, 11) is -1.66. The Hall–Kier alpha value is -2.43. The summed E-state index contributed by atoms with van der Waals surface area (Å²) in [6.45, 7) is 5.47. The van der Waals surface area contributed by atoms with Crippen LogP contribution in [0, 0.1) is 20.8 Å². The van der Waals surface area contributed by atoms with Crippen LogP contribution in [-0.4, -0.2) is 35.5 Å². The van der Waals surface area contributed by atoms with Crippen molar-refractivity contribution < 1.29 is 13.2 Å². The van der Waals surface area contributed by atoms with Crippen LogP contribution in [0.25, 0.3) is 10.4 Å². The Bertz CT molecular complexity index is 1210. The van der Waals surface area contributed by atoms with Crippen LogP contribution < -0.4 is 10.6 Å². The summed E-state index contributed by atoms with van der Waals surface area (Å²) < 4.78 is 25.6. The summed E-state index contributed by atoms with van der Waals surface area (Å²) in [5, 5.41) is 10.3. The van der Waals surface area contributed by atoms with Gasteiger partial charge in [0.2, 0.25) is 0 Å². The van der Waals surface area contributed by atoms with Gasteiger partial charge in [0.25, 0.3) is 0 Å². The number of thiazole rings is 1. The Labute approximate surface area is 177 Å². The quantitative estimate of drug-likeness (QED) is 0.616. The average Bonchev–Trinajstić information content (AvgIpc) is 3.08. The lowest BCUT2D eigenvalue weighted by Gasteiger charge is -2.06. The van der Waals surface area contributed by atoms with Crippen molar-refractivity contribution in [1.82, 2.24) is 14.8 Å². The first-order chi connectivity index (χ1) is 13.5. The van der Waals surface area contributed by atoms with Crippen molar-refractivity contribution in [3.05, 3.63) is 40.3 Å².